The molecule has 0 radical (unpaired) electrons. The molecule has 1 aromatic rings. The molecule has 1 aromatic carbocycles. The summed E-state index contributed by atoms with van der Waals surface area (Å²) >= 11 is 0. The monoisotopic (exact) mass is 241 g/mol. The van der Waals surface area contributed by atoms with Crippen molar-refractivity contribution >= 4 is 6.08 Å². The molecule has 0 spiro atoms. The maximum atomic E-state index is 12.3. The standard InChI is InChI=1S/C13H14F3N/c14-13(15,16)11-5-3-10(4-6-11)2-1-9-17-12-7-8-12/h1-6,12,17H,7-9H2. The van der Waals surface area contributed by atoms with Crippen molar-refractivity contribution in [3.63, 3.8) is 0 Å². The molecule has 4 heteroatoms. The van der Waals surface area contributed by atoms with E-state index in [1.165, 1.54) is 25.0 Å². The minimum Gasteiger partial charge on any atom is -0.311 e. The van der Waals surface area contributed by atoms with Crippen molar-refractivity contribution in [3.05, 3.63) is 41.5 Å². The molecule has 1 aliphatic rings. The molecular weight excluding hydrogens is 227 g/mol. The van der Waals surface area contributed by atoms with Gasteiger partial charge in [-0.3, -0.25) is 0 Å². The fourth-order valence-corrected chi connectivity index (χ4v) is 1.50. The van der Waals surface area contributed by atoms with Crippen LogP contribution in [0.15, 0.2) is 30.3 Å². The van der Waals surface area contributed by atoms with Crippen LogP contribution >= 0.6 is 0 Å². The molecule has 92 valence electrons. The van der Waals surface area contributed by atoms with Crippen molar-refractivity contribution in [2.45, 2.75) is 25.1 Å². The van der Waals surface area contributed by atoms with Gasteiger partial charge in [0.1, 0.15) is 0 Å². The van der Waals surface area contributed by atoms with Gasteiger partial charge in [0.25, 0.3) is 0 Å². The first kappa shape index (κ1) is 12.2. The first-order valence-electron chi connectivity index (χ1n) is 5.63. The van der Waals surface area contributed by atoms with E-state index in [1.807, 2.05) is 12.2 Å². The Kier molecular flexibility index (Phi) is 3.52. The molecule has 0 bridgehead atoms. The van der Waals surface area contributed by atoms with Crippen molar-refractivity contribution < 1.29 is 13.2 Å². The number of hydrogen-bond donors (Lipinski definition) is 1. The Labute approximate surface area is 98.3 Å². The van der Waals surface area contributed by atoms with Gasteiger partial charge in [-0.15, -0.1) is 0 Å². The van der Waals surface area contributed by atoms with E-state index in [2.05, 4.69) is 5.32 Å². The number of hydrogen-bond acceptors (Lipinski definition) is 1. The Morgan fingerprint density at radius 1 is 1.18 bits per heavy atom. The molecule has 0 aliphatic heterocycles. The number of rotatable bonds is 4. The van der Waals surface area contributed by atoms with E-state index >= 15 is 0 Å². The van der Waals surface area contributed by atoms with E-state index in [0.717, 1.165) is 24.2 Å². The lowest BCUT2D eigenvalue weighted by Crippen LogP contribution is -2.15. The highest BCUT2D eigenvalue weighted by molar-refractivity contribution is 5.50. The third kappa shape index (κ3) is 3.89. The van der Waals surface area contributed by atoms with Crippen LogP contribution in [0.1, 0.15) is 24.0 Å². The van der Waals surface area contributed by atoms with Crippen molar-refractivity contribution in [3.8, 4) is 0 Å². The van der Waals surface area contributed by atoms with Crippen LogP contribution < -0.4 is 5.32 Å². The zero-order valence-corrected chi connectivity index (χ0v) is 9.30. The molecular formula is C13H14F3N. The van der Waals surface area contributed by atoms with E-state index in [-0.39, 0.29) is 0 Å². The zero-order valence-electron chi connectivity index (χ0n) is 9.30. The summed E-state index contributed by atoms with van der Waals surface area (Å²) < 4.78 is 36.9. The smallest absolute Gasteiger partial charge is 0.311 e. The minimum absolute atomic E-state index is 0.606. The van der Waals surface area contributed by atoms with Crippen LogP contribution in [-0.4, -0.2) is 12.6 Å². The van der Waals surface area contributed by atoms with Crippen LogP contribution in [0.2, 0.25) is 0 Å². The quantitative estimate of drug-likeness (QED) is 0.851. The van der Waals surface area contributed by atoms with Crippen LogP contribution in [0.25, 0.3) is 6.08 Å². The second kappa shape index (κ2) is 4.92. The average molecular weight is 241 g/mol. The van der Waals surface area contributed by atoms with Crippen LogP contribution in [0, 0.1) is 0 Å². The normalized spacial score (nSPS) is 16.6. The number of alkyl halides is 3. The largest absolute Gasteiger partial charge is 0.416 e. The average Bonchev–Trinajstić information content (AvgIpc) is 3.08. The van der Waals surface area contributed by atoms with Gasteiger partial charge in [0.05, 0.1) is 5.56 Å². The summed E-state index contributed by atoms with van der Waals surface area (Å²) in [5.74, 6) is 0. The Balaban J connectivity index is 1.88. The second-order valence-corrected chi connectivity index (χ2v) is 4.20. The summed E-state index contributed by atoms with van der Waals surface area (Å²) in [5, 5.41) is 3.30. The SMILES string of the molecule is FC(F)(F)c1ccc(C=CCNC2CC2)cc1. The van der Waals surface area contributed by atoms with E-state index in [9.17, 15) is 13.2 Å². The first-order chi connectivity index (χ1) is 8.05. The van der Waals surface area contributed by atoms with Gasteiger partial charge in [-0.05, 0) is 30.5 Å². The molecule has 0 atom stereocenters. The molecule has 1 saturated carbocycles. The lowest BCUT2D eigenvalue weighted by molar-refractivity contribution is -0.137. The van der Waals surface area contributed by atoms with Crippen molar-refractivity contribution in [1.82, 2.24) is 5.32 Å². The van der Waals surface area contributed by atoms with E-state index < -0.39 is 11.7 Å². The summed E-state index contributed by atoms with van der Waals surface area (Å²) in [5.41, 5.74) is 0.182. The predicted octanol–water partition coefficient (Wildman–Crippen LogP) is 3.47. The van der Waals surface area contributed by atoms with Crippen LogP contribution in [0.3, 0.4) is 0 Å². The van der Waals surface area contributed by atoms with Gasteiger partial charge in [0.2, 0.25) is 0 Å². The summed E-state index contributed by atoms with van der Waals surface area (Å²) in [7, 11) is 0. The van der Waals surface area contributed by atoms with Crippen molar-refractivity contribution in [2.75, 3.05) is 6.54 Å². The number of nitrogens with one attached hydrogen (secondary N) is 1. The predicted molar refractivity (Wildman–Crippen MR) is 61.5 cm³/mol. The van der Waals surface area contributed by atoms with Gasteiger partial charge in [-0.2, -0.15) is 13.2 Å². The maximum Gasteiger partial charge on any atom is 0.416 e. The molecule has 1 N–H and O–H groups in total. The molecule has 0 heterocycles. The minimum atomic E-state index is -4.25. The summed E-state index contributed by atoms with van der Waals surface area (Å²) in [6.45, 7) is 0.770. The lowest BCUT2D eigenvalue weighted by atomic mass is 10.1. The van der Waals surface area contributed by atoms with Crippen LogP contribution in [-0.2, 0) is 6.18 Å². The summed E-state index contributed by atoms with van der Waals surface area (Å²) in [6.07, 6.45) is 1.97. The highest BCUT2D eigenvalue weighted by Gasteiger charge is 2.29. The number of benzene rings is 1. The highest BCUT2D eigenvalue weighted by atomic mass is 19.4. The molecule has 17 heavy (non-hydrogen) atoms. The number of halogens is 3. The molecule has 1 nitrogen and oxygen atoms in total. The third-order valence-electron chi connectivity index (χ3n) is 2.65. The summed E-state index contributed by atoms with van der Waals surface area (Å²) in [4.78, 5) is 0. The summed E-state index contributed by atoms with van der Waals surface area (Å²) in [6, 6.07) is 5.82. The van der Waals surface area contributed by atoms with Gasteiger partial charge in [0, 0.05) is 12.6 Å². The Bertz CT molecular complexity index is 388. The molecule has 0 amide bonds. The Hall–Kier alpha value is -1.29. The van der Waals surface area contributed by atoms with Gasteiger partial charge < -0.3 is 5.32 Å². The van der Waals surface area contributed by atoms with Crippen LogP contribution in [0.5, 0.6) is 0 Å². The molecule has 0 aromatic heterocycles. The molecule has 1 aliphatic carbocycles. The topological polar surface area (TPSA) is 12.0 Å². The molecule has 0 unspecified atom stereocenters. The molecule has 2 rings (SSSR count). The lowest BCUT2D eigenvalue weighted by Gasteiger charge is -2.05. The van der Waals surface area contributed by atoms with Gasteiger partial charge in [-0.25, -0.2) is 0 Å². The highest BCUT2D eigenvalue weighted by Crippen LogP contribution is 2.29. The van der Waals surface area contributed by atoms with E-state index in [1.54, 1.807) is 0 Å². The first-order valence-corrected chi connectivity index (χ1v) is 5.63. The van der Waals surface area contributed by atoms with Gasteiger partial charge in [-0.1, -0.05) is 24.3 Å². The van der Waals surface area contributed by atoms with Crippen molar-refractivity contribution in [1.29, 1.82) is 0 Å². The van der Waals surface area contributed by atoms with Gasteiger partial charge in [0.15, 0.2) is 0 Å². The Morgan fingerprint density at radius 3 is 2.35 bits per heavy atom. The van der Waals surface area contributed by atoms with Crippen LogP contribution in [0.4, 0.5) is 13.2 Å². The van der Waals surface area contributed by atoms with Gasteiger partial charge >= 0.3 is 6.18 Å². The fraction of sp³-hybridized carbons (Fsp3) is 0.385. The zero-order chi connectivity index (χ0) is 12.3. The maximum absolute atomic E-state index is 12.3. The van der Waals surface area contributed by atoms with E-state index in [0.29, 0.717) is 6.04 Å². The van der Waals surface area contributed by atoms with Crippen molar-refractivity contribution in [2.24, 2.45) is 0 Å². The third-order valence-corrected chi connectivity index (χ3v) is 2.65. The Morgan fingerprint density at radius 2 is 1.82 bits per heavy atom. The molecule has 0 saturated heterocycles. The molecule has 1 fully saturated rings. The van der Waals surface area contributed by atoms with E-state index in [4.69, 9.17) is 0 Å². The second-order valence-electron chi connectivity index (χ2n) is 4.20. The fourth-order valence-electron chi connectivity index (χ4n) is 1.50.